The molecule has 0 saturated carbocycles. The van der Waals surface area contributed by atoms with Crippen molar-refractivity contribution in [3.05, 3.63) is 28.0 Å². The summed E-state index contributed by atoms with van der Waals surface area (Å²) in [6.07, 6.45) is 4.58. The van der Waals surface area contributed by atoms with Gasteiger partial charge in [0.1, 0.15) is 10.3 Å². The highest BCUT2D eigenvalue weighted by atomic mass is 35.5. The van der Waals surface area contributed by atoms with Gasteiger partial charge < -0.3 is 10.2 Å². The number of nitrogens with zero attached hydrogens (tertiary/aromatic N) is 2. The number of halogens is 2. The van der Waals surface area contributed by atoms with E-state index in [0.717, 1.165) is 19.4 Å². The molecule has 20 heavy (non-hydrogen) atoms. The summed E-state index contributed by atoms with van der Waals surface area (Å²) >= 11 is 11.7. The number of pyridine rings is 1. The molecule has 3 heterocycles. The van der Waals surface area contributed by atoms with Crippen LogP contribution in [0.1, 0.15) is 36.0 Å². The smallest absolute Gasteiger partial charge is 0.251 e. The highest BCUT2D eigenvalue weighted by Gasteiger charge is 2.32. The summed E-state index contributed by atoms with van der Waals surface area (Å²) < 4.78 is 0. The van der Waals surface area contributed by atoms with E-state index in [1.165, 1.54) is 19.4 Å². The fourth-order valence-corrected chi connectivity index (χ4v) is 3.68. The highest BCUT2D eigenvalue weighted by Crippen LogP contribution is 2.27. The van der Waals surface area contributed by atoms with Crippen LogP contribution >= 0.6 is 23.2 Å². The summed E-state index contributed by atoms with van der Waals surface area (Å²) in [4.78, 5) is 18.6. The second-order valence-corrected chi connectivity index (χ2v) is 6.30. The summed E-state index contributed by atoms with van der Waals surface area (Å²) in [5.41, 5.74) is 0.476. The monoisotopic (exact) mass is 313 g/mol. The predicted octanol–water partition coefficient (Wildman–Crippen LogP) is 2.75. The standard InChI is InChI=1S/C14H17Cl2N3O/c15-12-6-9(7-13(16)18-12)14(20)17-10-3-5-19-4-1-2-11(19)8-10/h6-7,10-11H,1-5,8H2,(H,17,20). The van der Waals surface area contributed by atoms with E-state index in [9.17, 15) is 4.79 Å². The molecule has 1 aromatic heterocycles. The van der Waals surface area contributed by atoms with Gasteiger partial charge in [-0.05, 0) is 44.4 Å². The second-order valence-electron chi connectivity index (χ2n) is 5.53. The van der Waals surface area contributed by atoms with Crippen LogP contribution in [0.3, 0.4) is 0 Å². The topological polar surface area (TPSA) is 45.2 Å². The van der Waals surface area contributed by atoms with E-state index in [1.807, 2.05) is 0 Å². The molecule has 2 atom stereocenters. The molecule has 1 N–H and O–H groups in total. The van der Waals surface area contributed by atoms with Crippen molar-refractivity contribution in [1.29, 1.82) is 0 Å². The fraction of sp³-hybridized carbons (Fsp3) is 0.571. The maximum Gasteiger partial charge on any atom is 0.251 e. The molecular weight excluding hydrogens is 297 g/mol. The van der Waals surface area contributed by atoms with Crippen LogP contribution < -0.4 is 5.32 Å². The lowest BCUT2D eigenvalue weighted by Gasteiger charge is -2.35. The highest BCUT2D eigenvalue weighted by molar-refractivity contribution is 6.33. The predicted molar refractivity (Wildman–Crippen MR) is 79.3 cm³/mol. The molecule has 2 fully saturated rings. The van der Waals surface area contributed by atoms with Crippen LogP contribution in [-0.4, -0.2) is 41.0 Å². The Kier molecular flexibility index (Phi) is 4.15. The third kappa shape index (κ3) is 3.08. The Morgan fingerprint density at radius 3 is 2.75 bits per heavy atom. The van der Waals surface area contributed by atoms with Gasteiger partial charge in [-0.25, -0.2) is 4.98 Å². The lowest BCUT2D eigenvalue weighted by molar-refractivity contribution is 0.0896. The zero-order valence-corrected chi connectivity index (χ0v) is 12.6. The van der Waals surface area contributed by atoms with Gasteiger partial charge in [0.15, 0.2) is 0 Å². The molecule has 2 saturated heterocycles. The van der Waals surface area contributed by atoms with Crippen molar-refractivity contribution in [3.8, 4) is 0 Å². The molecular formula is C14H17Cl2N3O. The molecule has 2 unspecified atom stereocenters. The van der Waals surface area contributed by atoms with E-state index < -0.39 is 0 Å². The molecule has 2 aliphatic heterocycles. The van der Waals surface area contributed by atoms with Gasteiger partial charge in [0, 0.05) is 24.2 Å². The van der Waals surface area contributed by atoms with Gasteiger partial charge in [0.05, 0.1) is 0 Å². The van der Waals surface area contributed by atoms with Crippen molar-refractivity contribution in [2.45, 2.75) is 37.8 Å². The van der Waals surface area contributed by atoms with Gasteiger partial charge in [-0.3, -0.25) is 4.79 Å². The van der Waals surface area contributed by atoms with E-state index >= 15 is 0 Å². The van der Waals surface area contributed by atoms with E-state index in [2.05, 4.69) is 15.2 Å². The van der Waals surface area contributed by atoms with Gasteiger partial charge in [-0.15, -0.1) is 0 Å². The Morgan fingerprint density at radius 2 is 2.00 bits per heavy atom. The molecule has 108 valence electrons. The molecule has 0 aromatic carbocycles. The Morgan fingerprint density at radius 1 is 1.25 bits per heavy atom. The van der Waals surface area contributed by atoms with Gasteiger partial charge in [-0.2, -0.15) is 0 Å². The van der Waals surface area contributed by atoms with E-state index in [1.54, 1.807) is 12.1 Å². The van der Waals surface area contributed by atoms with Crippen LogP contribution in [0.2, 0.25) is 10.3 Å². The first-order valence-electron chi connectivity index (χ1n) is 7.00. The number of nitrogens with one attached hydrogen (secondary N) is 1. The number of rotatable bonds is 2. The lowest BCUT2D eigenvalue weighted by atomic mass is 9.97. The molecule has 1 amide bonds. The molecule has 0 radical (unpaired) electrons. The molecule has 4 nitrogen and oxygen atoms in total. The van der Waals surface area contributed by atoms with Crippen molar-refractivity contribution in [1.82, 2.24) is 15.2 Å². The number of hydrogen-bond acceptors (Lipinski definition) is 3. The van der Waals surface area contributed by atoms with Gasteiger partial charge in [0.25, 0.3) is 5.91 Å². The largest absolute Gasteiger partial charge is 0.349 e. The Hall–Kier alpha value is -0.840. The summed E-state index contributed by atoms with van der Waals surface area (Å²) in [5, 5.41) is 3.58. The van der Waals surface area contributed by atoms with Crippen LogP contribution in [0, 0.1) is 0 Å². The van der Waals surface area contributed by atoms with Crippen LogP contribution in [0.15, 0.2) is 12.1 Å². The van der Waals surface area contributed by atoms with Crippen LogP contribution in [0.5, 0.6) is 0 Å². The van der Waals surface area contributed by atoms with Crippen molar-refractivity contribution >= 4 is 29.1 Å². The number of hydrogen-bond donors (Lipinski definition) is 1. The van der Waals surface area contributed by atoms with E-state index in [-0.39, 0.29) is 22.3 Å². The number of aromatic nitrogens is 1. The van der Waals surface area contributed by atoms with Crippen LogP contribution in [-0.2, 0) is 0 Å². The number of fused-ring (bicyclic) bond motifs is 1. The minimum Gasteiger partial charge on any atom is -0.349 e. The van der Waals surface area contributed by atoms with Crippen LogP contribution in [0.4, 0.5) is 0 Å². The van der Waals surface area contributed by atoms with Crippen LogP contribution in [0.25, 0.3) is 0 Å². The van der Waals surface area contributed by atoms with Gasteiger partial charge in [-0.1, -0.05) is 23.2 Å². The third-order valence-corrected chi connectivity index (χ3v) is 4.57. The summed E-state index contributed by atoms with van der Waals surface area (Å²) in [5.74, 6) is -0.118. The molecule has 0 spiro atoms. The van der Waals surface area contributed by atoms with Crippen molar-refractivity contribution < 1.29 is 4.79 Å². The Labute approximate surface area is 128 Å². The maximum absolute atomic E-state index is 12.2. The number of amides is 1. The first kappa shape index (κ1) is 14.1. The van der Waals surface area contributed by atoms with Crippen molar-refractivity contribution in [2.75, 3.05) is 13.1 Å². The molecule has 2 aliphatic rings. The van der Waals surface area contributed by atoms with Gasteiger partial charge in [0.2, 0.25) is 0 Å². The fourth-order valence-electron chi connectivity index (χ4n) is 3.22. The average molecular weight is 314 g/mol. The lowest BCUT2D eigenvalue weighted by Crippen LogP contribution is -2.47. The molecule has 0 bridgehead atoms. The Bertz CT molecular complexity index is 503. The summed E-state index contributed by atoms with van der Waals surface area (Å²) in [6.45, 7) is 2.29. The quantitative estimate of drug-likeness (QED) is 0.854. The number of piperidine rings is 1. The third-order valence-electron chi connectivity index (χ3n) is 4.18. The average Bonchev–Trinajstić information content (AvgIpc) is 2.85. The molecule has 3 rings (SSSR count). The minimum absolute atomic E-state index is 0.118. The number of carbonyl (C=O) groups is 1. The van der Waals surface area contributed by atoms with E-state index in [0.29, 0.717) is 11.6 Å². The van der Waals surface area contributed by atoms with Crippen molar-refractivity contribution in [3.63, 3.8) is 0 Å². The van der Waals surface area contributed by atoms with Crippen molar-refractivity contribution in [2.24, 2.45) is 0 Å². The minimum atomic E-state index is -0.118. The number of carbonyl (C=O) groups excluding carboxylic acids is 1. The molecule has 1 aromatic rings. The maximum atomic E-state index is 12.2. The Balaban J connectivity index is 1.64. The van der Waals surface area contributed by atoms with Gasteiger partial charge >= 0.3 is 0 Å². The summed E-state index contributed by atoms with van der Waals surface area (Å²) in [7, 11) is 0. The molecule has 6 heteroatoms. The first-order valence-corrected chi connectivity index (χ1v) is 7.75. The first-order chi connectivity index (χ1) is 9.61. The normalized spacial score (nSPS) is 26.3. The SMILES string of the molecule is O=C(NC1CCN2CCCC2C1)c1cc(Cl)nc(Cl)c1. The second kappa shape index (κ2) is 5.88. The zero-order chi connectivity index (χ0) is 14.1. The molecule has 0 aliphatic carbocycles. The zero-order valence-electron chi connectivity index (χ0n) is 11.1. The summed E-state index contributed by atoms with van der Waals surface area (Å²) in [6, 6.07) is 3.98. The van der Waals surface area contributed by atoms with E-state index in [4.69, 9.17) is 23.2 Å².